The van der Waals surface area contributed by atoms with Gasteiger partial charge in [-0.25, -0.2) is 8.78 Å². The van der Waals surface area contributed by atoms with Crippen molar-refractivity contribution in [2.75, 3.05) is 31.5 Å². The van der Waals surface area contributed by atoms with Crippen LogP contribution >= 0.6 is 0 Å². The van der Waals surface area contributed by atoms with Crippen LogP contribution in [0.5, 0.6) is 0 Å². The number of carbonyl (C=O) groups excluding carboxylic acids is 2. The summed E-state index contributed by atoms with van der Waals surface area (Å²) in [5, 5.41) is 5.85. The van der Waals surface area contributed by atoms with E-state index in [0.717, 1.165) is 50.0 Å². The largest absolute Gasteiger partial charge is 0.385 e. The molecular weight excluding hydrogens is 400 g/mol. The number of piperidine rings is 2. The van der Waals surface area contributed by atoms with Gasteiger partial charge in [0.1, 0.15) is 0 Å². The number of anilines is 1. The molecule has 2 saturated heterocycles. The van der Waals surface area contributed by atoms with E-state index in [4.69, 9.17) is 0 Å². The normalized spacial score (nSPS) is 21.7. The van der Waals surface area contributed by atoms with E-state index in [1.54, 1.807) is 0 Å². The van der Waals surface area contributed by atoms with Gasteiger partial charge in [-0.1, -0.05) is 37.8 Å². The minimum atomic E-state index is -2.45. The summed E-state index contributed by atoms with van der Waals surface area (Å²) in [5.41, 5.74) is 1.96. The number of rotatable bonds is 11. The number of imide groups is 1. The van der Waals surface area contributed by atoms with Crippen LogP contribution in [-0.4, -0.2) is 48.8 Å². The zero-order valence-electron chi connectivity index (χ0n) is 18.3. The second kappa shape index (κ2) is 11.6. The molecule has 2 aliphatic rings. The third-order valence-corrected chi connectivity index (χ3v) is 6.35. The summed E-state index contributed by atoms with van der Waals surface area (Å²) >= 11 is 0. The van der Waals surface area contributed by atoms with Crippen LogP contribution in [0.25, 0.3) is 0 Å². The van der Waals surface area contributed by atoms with Crippen molar-refractivity contribution in [1.82, 2.24) is 10.2 Å². The smallest absolute Gasteiger partial charge is 0.250 e. The van der Waals surface area contributed by atoms with Crippen molar-refractivity contribution in [1.29, 1.82) is 0 Å². The number of nitrogens with zero attached hydrogens (tertiary/aromatic N) is 1. The molecule has 5 nitrogen and oxygen atoms in total. The third kappa shape index (κ3) is 7.87. The quantitative estimate of drug-likeness (QED) is 0.391. The molecule has 0 aliphatic carbocycles. The predicted molar refractivity (Wildman–Crippen MR) is 118 cm³/mol. The summed E-state index contributed by atoms with van der Waals surface area (Å²) in [7, 11) is 0. The molecule has 2 N–H and O–H groups in total. The third-order valence-electron chi connectivity index (χ3n) is 6.35. The van der Waals surface area contributed by atoms with Gasteiger partial charge < -0.3 is 10.2 Å². The number of halogens is 2. The van der Waals surface area contributed by atoms with Gasteiger partial charge in [-0.2, -0.15) is 0 Å². The lowest BCUT2D eigenvalue weighted by atomic mass is 9.90. The number of carbonyl (C=O) groups is 2. The van der Waals surface area contributed by atoms with Crippen molar-refractivity contribution >= 4 is 17.5 Å². The summed E-state index contributed by atoms with van der Waals surface area (Å²) in [6.07, 6.45) is 7.86. The molecule has 0 spiro atoms. The average molecular weight is 436 g/mol. The van der Waals surface area contributed by atoms with Crippen LogP contribution in [0.1, 0.15) is 75.7 Å². The second-order valence-corrected chi connectivity index (χ2v) is 8.87. The van der Waals surface area contributed by atoms with E-state index in [9.17, 15) is 18.4 Å². The standard InChI is InChI=1S/C24H35F2N3O2/c25-24(26)12-16-29(17-13-24)15-6-4-2-1-3-5-14-27-20-9-7-8-19(18-20)21-10-11-22(30)28-23(21)31/h7-9,18,21,27H,1-6,10-17H2,(H,28,30,31). The molecule has 2 fully saturated rings. The molecule has 1 atom stereocenters. The summed E-state index contributed by atoms with van der Waals surface area (Å²) in [5.74, 6) is -3.09. The van der Waals surface area contributed by atoms with E-state index >= 15 is 0 Å². The van der Waals surface area contributed by atoms with Crippen molar-refractivity contribution in [2.45, 2.75) is 76.0 Å². The van der Waals surface area contributed by atoms with Gasteiger partial charge in [0.05, 0.1) is 5.92 Å². The lowest BCUT2D eigenvalue weighted by Crippen LogP contribution is -2.39. The number of hydrogen-bond donors (Lipinski definition) is 2. The van der Waals surface area contributed by atoms with E-state index in [2.05, 4.69) is 15.5 Å². The molecule has 2 heterocycles. The number of amides is 2. The molecule has 0 aromatic heterocycles. The lowest BCUT2D eigenvalue weighted by Gasteiger charge is -2.31. The highest BCUT2D eigenvalue weighted by Gasteiger charge is 2.33. The fraction of sp³-hybridized carbons (Fsp3) is 0.667. The molecule has 1 aromatic carbocycles. The summed E-state index contributed by atoms with van der Waals surface area (Å²) in [6, 6.07) is 7.91. The van der Waals surface area contributed by atoms with Crippen molar-refractivity contribution < 1.29 is 18.4 Å². The van der Waals surface area contributed by atoms with Gasteiger partial charge in [0, 0.05) is 44.6 Å². The van der Waals surface area contributed by atoms with Gasteiger partial charge in [0.25, 0.3) is 5.92 Å². The van der Waals surface area contributed by atoms with Gasteiger partial charge in [-0.15, -0.1) is 0 Å². The number of alkyl halides is 2. The fourth-order valence-corrected chi connectivity index (χ4v) is 4.38. The van der Waals surface area contributed by atoms with E-state index in [1.807, 2.05) is 24.3 Å². The van der Waals surface area contributed by atoms with Crippen molar-refractivity contribution in [2.24, 2.45) is 0 Å². The van der Waals surface area contributed by atoms with Gasteiger partial charge in [0.2, 0.25) is 11.8 Å². The zero-order valence-corrected chi connectivity index (χ0v) is 18.3. The van der Waals surface area contributed by atoms with Crippen molar-refractivity contribution in [3.05, 3.63) is 29.8 Å². The van der Waals surface area contributed by atoms with E-state index in [0.29, 0.717) is 25.9 Å². The maximum absolute atomic E-state index is 13.2. The predicted octanol–water partition coefficient (Wildman–Crippen LogP) is 4.69. The molecule has 31 heavy (non-hydrogen) atoms. The highest BCUT2D eigenvalue weighted by Crippen LogP contribution is 2.28. The Labute approximate surface area is 184 Å². The van der Waals surface area contributed by atoms with Gasteiger partial charge in [-0.3, -0.25) is 14.9 Å². The Morgan fingerprint density at radius 2 is 1.74 bits per heavy atom. The van der Waals surface area contributed by atoms with Gasteiger partial charge in [-0.05, 0) is 43.5 Å². The molecule has 1 aromatic rings. The van der Waals surface area contributed by atoms with Gasteiger partial charge >= 0.3 is 0 Å². The molecule has 172 valence electrons. The Balaban J connectivity index is 1.23. The number of unbranched alkanes of at least 4 members (excludes halogenated alkanes) is 5. The molecule has 0 radical (unpaired) electrons. The first kappa shape index (κ1) is 23.6. The number of benzene rings is 1. The molecule has 2 amide bonds. The second-order valence-electron chi connectivity index (χ2n) is 8.87. The van der Waals surface area contributed by atoms with E-state index in [-0.39, 0.29) is 30.6 Å². The number of likely N-dealkylation sites (tertiary alicyclic amines) is 1. The first-order valence-electron chi connectivity index (χ1n) is 11.7. The van der Waals surface area contributed by atoms with Crippen LogP contribution in [0.3, 0.4) is 0 Å². The molecule has 3 rings (SSSR count). The summed E-state index contributed by atoms with van der Waals surface area (Å²) in [6.45, 7) is 2.90. The average Bonchev–Trinajstić information content (AvgIpc) is 2.74. The monoisotopic (exact) mass is 435 g/mol. The Hall–Kier alpha value is -2.02. The molecule has 7 heteroatoms. The van der Waals surface area contributed by atoms with Crippen molar-refractivity contribution in [3.8, 4) is 0 Å². The van der Waals surface area contributed by atoms with Crippen LogP contribution in [-0.2, 0) is 9.59 Å². The van der Waals surface area contributed by atoms with E-state index in [1.165, 1.54) is 12.8 Å². The topological polar surface area (TPSA) is 61.4 Å². The van der Waals surface area contributed by atoms with Crippen LogP contribution in [0.2, 0.25) is 0 Å². The maximum atomic E-state index is 13.2. The fourth-order valence-electron chi connectivity index (χ4n) is 4.38. The molecule has 1 unspecified atom stereocenters. The molecule has 2 aliphatic heterocycles. The summed E-state index contributed by atoms with van der Waals surface area (Å²) in [4.78, 5) is 25.6. The Kier molecular flexibility index (Phi) is 8.81. The van der Waals surface area contributed by atoms with Crippen molar-refractivity contribution in [3.63, 3.8) is 0 Å². The molecule has 0 saturated carbocycles. The maximum Gasteiger partial charge on any atom is 0.250 e. The van der Waals surface area contributed by atoms with Crippen LogP contribution in [0.15, 0.2) is 24.3 Å². The Morgan fingerprint density at radius 1 is 1.03 bits per heavy atom. The van der Waals surface area contributed by atoms with Crippen LogP contribution < -0.4 is 10.6 Å². The lowest BCUT2D eigenvalue weighted by molar-refractivity contribution is -0.134. The van der Waals surface area contributed by atoms with Gasteiger partial charge in [0.15, 0.2) is 0 Å². The Morgan fingerprint density at radius 3 is 2.48 bits per heavy atom. The first-order chi connectivity index (χ1) is 14.9. The minimum absolute atomic E-state index is 0.0104. The molecular formula is C24H35F2N3O2. The highest BCUT2D eigenvalue weighted by molar-refractivity contribution is 6.01. The van der Waals surface area contributed by atoms with Crippen LogP contribution in [0, 0.1) is 0 Å². The SMILES string of the molecule is O=C1CCC(c2cccc(NCCCCCCCCN3CCC(F)(F)CC3)c2)C(=O)N1. The summed E-state index contributed by atoms with van der Waals surface area (Å²) < 4.78 is 26.3. The highest BCUT2D eigenvalue weighted by atomic mass is 19.3. The first-order valence-corrected chi connectivity index (χ1v) is 11.7. The zero-order chi connectivity index (χ0) is 22.1. The number of hydrogen-bond acceptors (Lipinski definition) is 4. The van der Waals surface area contributed by atoms with E-state index < -0.39 is 5.92 Å². The Bertz CT molecular complexity index is 731. The minimum Gasteiger partial charge on any atom is -0.385 e. The van der Waals surface area contributed by atoms with Crippen LogP contribution in [0.4, 0.5) is 14.5 Å². The number of nitrogens with one attached hydrogen (secondary N) is 2. The molecule has 0 bridgehead atoms.